The first-order valence-electron chi connectivity index (χ1n) is 6.35. The van der Waals surface area contributed by atoms with E-state index >= 15 is 0 Å². The Hall–Kier alpha value is -2.37. The first-order valence-corrected chi connectivity index (χ1v) is 6.35. The maximum Gasteiger partial charge on any atom is 0.307 e. The van der Waals surface area contributed by atoms with E-state index in [2.05, 4.69) is 10.6 Å². The van der Waals surface area contributed by atoms with E-state index in [4.69, 9.17) is 5.11 Å². The van der Waals surface area contributed by atoms with Gasteiger partial charge in [-0.05, 0) is 18.1 Å². The number of likely N-dealkylation sites (N-methyl/N-ethyl adjacent to an activating group) is 1. The standard InChI is InChI=1S/C14H16N2O4/c1-15-12(17)6-8-4-2-3-5-11(8)16-13(18)9-7-10(9)14(19)20/h2-5,9-10H,6-7H2,1H3,(H,15,17)(H,16,18)(H,19,20). The predicted molar refractivity (Wildman–Crippen MR) is 72.1 cm³/mol. The lowest BCUT2D eigenvalue weighted by Gasteiger charge is -2.10. The fraction of sp³-hybridized carbons (Fsp3) is 0.357. The average Bonchev–Trinajstić information content (AvgIpc) is 3.21. The number of carboxylic acid groups (broad SMARTS) is 1. The number of benzene rings is 1. The minimum Gasteiger partial charge on any atom is -0.481 e. The van der Waals surface area contributed by atoms with Crippen LogP contribution in [0.2, 0.25) is 0 Å². The highest BCUT2D eigenvalue weighted by molar-refractivity contribution is 5.99. The van der Waals surface area contributed by atoms with Crippen molar-refractivity contribution in [2.75, 3.05) is 12.4 Å². The summed E-state index contributed by atoms with van der Waals surface area (Å²) in [6.45, 7) is 0. The van der Waals surface area contributed by atoms with Gasteiger partial charge in [0.1, 0.15) is 0 Å². The third-order valence-electron chi connectivity index (χ3n) is 3.35. The van der Waals surface area contributed by atoms with Crippen LogP contribution in [0.25, 0.3) is 0 Å². The zero-order chi connectivity index (χ0) is 14.7. The zero-order valence-electron chi connectivity index (χ0n) is 11.1. The lowest BCUT2D eigenvalue weighted by atomic mass is 10.1. The highest BCUT2D eigenvalue weighted by Crippen LogP contribution is 2.39. The van der Waals surface area contributed by atoms with Crippen LogP contribution in [0, 0.1) is 11.8 Å². The number of carbonyl (C=O) groups is 3. The van der Waals surface area contributed by atoms with Crippen molar-refractivity contribution in [2.24, 2.45) is 11.8 Å². The van der Waals surface area contributed by atoms with Crippen molar-refractivity contribution in [1.29, 1.82) is 0 Å². The Labute approximate surface area is 116 Å². The van der Waals surface area contributed by atoms with Crippen LogP contribution in [0.3, 0.4) is 0 Å². The molecule has 1 saturated carbocycles. The van der Waals surface area contributed by atoms with E-state index in [0.29, 0.717) is 17.7 Å². The average molecular weight is 276 g/mol. The number of aliphatic carboxylic acids is 1. The van der Waals surface area contributed by atoms with Crippen LogP contribution in [0.15, 0.2) is 24.3 Å². The van der Waals surface area contributed by atoms with Crippen LogP contribution in [0.4, 0.5) is 5.69 Å². The second-order valence-corrected chi connectivity index (χ2v) is 4.78. The van der Waals surface area contributed by atoms with E-state index in [-0.39, 0.29) is 18.2 Å². The van der Waals surface area contributed by atoms with E-state index < -0.39 is 17.8 Å². The summed E-state index contributed by atoms with van der Waals surface area (Å²) in [7, 11) is 1.55. The molecule has 2 atom stereocenters. The van der Waals surface area contributed by atoms with Crippen molar-refractivity contribution in [3.8, 4) is 0 Å². The Morgan fingerprint density at radius 3 is 2.55 bits per heavy atom. The summed E-state index contributed by atoms with van der Waals surface area (Å²) >= 11 is 0. The molecule has 1 fully saturated rings. The van der Waals surface area contributed by atoms with Crippen molar-refractivity contribution < 1.29 is 19.5 Å². The molecule has 0 radical (unpaired) electrons. The smallest absolute Gasteiger partial charge is 0.307 e. The molecular weight excluding hydrogens is 260 g/mol. The third-order valence-corrected chi connectivity index (χ3v) is 3.35. The molecule has 1 aliphatic carbocycles. The largest absolute Gasteiger partial charge is 0.481 e. The molecule has 2 rings (SSSR count). The van der Waals surface area contributed by atoms with Gasteiger partial charge in [0.15, 0.2) is 0 Å². The van der Waals surface area contributed by atoms with Gasteiger partial charge in [-0.15, -0.1) is 0 Å². The van der Waals surface area contributed by atoms with Crippen LogP contribution < -0.4 is 10.6 Å². The van der Waals surface area contributed by atoms with Gasteiger partial charge in [0, 0.05) is 12.7 Å². The zero-order valence-corrected chi connectivity index (χ0v) is 11.1. The number of hydrogen-bond donors (Lipinski definition) is 3. The fourth-order valence-corrected chi connectivity index (χ4v) is 2.04. The molecule has 2 amide bonds. The molecule has 2 unspecified atom stereocenters. The van der Waals surface area contributed by atoms with Crippen molar-refractivity contribution in [3.05, 3.63) is 29.8 Å². The topological polar surface area (TPSA) is 95.5 Å². The second-order valence-electron chi connectivity index (χ2n) is 4.78. The molecule has 1 aromatic carbocycles. The molecule has 0 aliphatic heterocycles. The fourth-order valence-electron chi connectivity index (χ4n) is 2.04. The maximum atomic E-state index is 11.9. The molecule has 6 nitrogen and oxygen atoms in total. The van der Waals surface area contributed by atoms with Crippen molar-refractivity contribution >= 4 is 23.5 Å². The maximum absolute atomic E-state index is 11.9. The van der Waals surface area contributed by atoms with Crippen LogP contribution >= 0.6 is 0 Å². The van der Waals surface area contributed by atoms with E-state index in [9.17, 15) is 14.4 Å². The summed E-state index contributed by atoms with van der Waals surface area (Å²) in [5.74, 6) is -2.45. The summed E-state index contributed by atoms with van der Waals surface area (Å²) in [5, 5.41) is 14.0. The number of nitrogens with one attached hydrogen (secondary N) is 2. The second kappa shape index (κ2) is 5.73. The van der Waals surface area contributed by atoms with E-state index in [1.165, 1.54) is 0 Å². The molecule has 6 heteroatoms. The van der Waals surface area contributed by atoms with Gasteiger partial charge in [-0.25, -0.2) is 0 Å². The van der Waals surface area contributed by atoms with Crippen molar-refractivity contribution in [3.63, 3.8) is 0 Å². The summed E-state index contributed by atoms with van der Waals surface area (Å²) in [6.07, 6.45) is 0.540. The van der Waals surface area contributed by atoms with Crippen LogP contribution in [0.5, 0.6) is 0 Å². The van der Waals surface area contributed by atoms with E-state index in [1.807, 2.05) is 0 Å². The number of hydrogen-bond acceptors (Lipinski definition) is 3. The van der Waals surface area contributed by atoms with Gasteiger partial charge in [0.2, 0.25) is 11.8 Å². The van der Waals surface area contributed by atoms with Gasteiger partial charge in [-0.2, -0.15) is 0 Å². The van der Waals surface area contributed by atoms with E-state index in [0.717, 1.165) is 0 Å². The minimum absolute atomic E-state index is 0.151. The number of carbonyl (C=O) groups excluding carboxylic acids is 2. The van der Waals surface area contributed by atoms with Gasteiger partial charge >= 0.3 is 5.97 Å². The minimum atomic E-state index is -0.941. The Balaban J connectivity index is 2.04. The lowest BCUT2D eigenvalue weighted by molar-refractivity contribution is -0.139. The summed E-state index contributed by atoms with van der Waals surface area (Å²) in [4.78, 5) is 34.1. The van der Waals surface area contributed by atoms with Crippen molar-refractivity contribution in [1.82, 2.24) is 5.32 Å². The molecule has 3 N–H and O–H groups in total. The quantitative estimate of drug-likeness (QED) is 0.735. The molecule has 106 valence electrons. The molecule has 1 aliphatic rings. The molecule has 20 heavy (non-hydrogen) atoms. The van der Waals surface area contributed by atoms with Crippen molar-refractivity contribution in [2.45, 2.75) is 12.8 Å². The first kappa shape index (κ1) is 14.0. The summed E-state index contributed by atoms with van der Waals surface area (Å²) in [6, 6.07) is 7.00. The normalized spacial score (nSPS) is 20.1. The van der Waals surface area contributed by atoms with Crippen LogP contribution in [0.1, 0.15) is 12.0 Å². The summed E-state index contributed by atoms with van der Waals surface area (Å²) < 4.78 is 0. The number of amides is 2. The highest BCUT2D eigenvalue weighted by atomic mass is 16.4. The Morgan fingerprint density at radius 2 is 1.95 bits per heavy atom. The number of para-hydroxylation sites is 1. The molecule has 0 bridgehead atoms. The molecule has 0 spiro atoms. The van der Waals surface area contributed by atoms with Gasteiger partial charge in [0.25, 0.3) is 0 Å². The Morgan fingerprint density at radius 1 is 1.25 bits per heavy atom. The van der Waals surface area contributed by atoms with Gasteiger partial charge < -0.3 is 15.7 Å². The van der Waals surface area contributed by atoms with Crippen LogP contribution in [-0.2, 0) is 20.8 Å². The monoisotopic (exact) mass is 276 g/mol. The Bertz CT molecular complexity index is 556. The number of carboxylic acids is 1. The van der Waals surface area contributed by atoms with Gasteiger partial charge in [-0.3, -0.25) is 14.4 Å². The van der Waals surface area contributed by atoms with Gasteiger partial charge in [0.05, 0.1) is 18.3 Å². The summed E-state index contributed by atoms with van der Waals surface area (Å²) in [5.41, 5.74) is 1.25. The van der Waals surface area contributed by atoms with E-state index in [1.54, 1.807) is 31.3 Å². The Kier molecular flexibility index (Phi) is 4.02. The molecule has 0 heterocycles. The predicted octanol–water partition coefficient (Wildman–Crippen LogP) is 0.634. The van der Waals surface area contributed by atoms with Gasteiger partial charge in [-0.1, -0.05) is 18.2 Å². The lowest BCUT2D eigenvalue weighted by Crippen LogP contribution is -2.22. The molecule has 0 saturated heterocycles. The molecule has 0 aromatic heterocycles. The highest BCUT2D eigenvalue weighted by Gasteiger charge is 2.48. The van der Waals surface area contributed by atoms with Crippen LogP contribution in [-0.4, -0.2) is 29.9 Å². The first-order chi connectivity index (χ1) is 9.52. The molecular formula is C14H16N2O4. The number of anilines is 1. The third kappa shape index (κ3) is 3.14. The molecule has 1 aromatic rings. The SMILES string of the molecule is CNC(=O)Cc1ccccc1NC(=O)C1CC1C(=O)O. The number of rotatable bonds is 5.